The van der Waals surface area contributed by atoms with Gasteiger partial charge in [-0.2, -0.15) is 10.4 Å². The van der Waals surface area contributed by atoms with Crippen LogP contribution in [0.4, 0.5) is 5.69 Å². The van der Waals surface area contributed by atoms with Gasteiger partial charge in [-0.1, -0.05) is 0 Å². The maximum Gasteiger partial charge on any atom is 0.266 e. The van der Waals surface area contributed by atoms with Crippen LogP contribution in [0, 0.1) is 25.2 Å². The van der Waals surface area contributed by atoms with E-state index in [2.05, 4.69) is 25.5 Å². The molecule has 156 valence electrons. The van der Waals surface area contributed by atoms with Crippen LogP contribution >= 0.6 is 12.4 Å². The number of carbonyl (C=O) groups is 1. The second-order valence-electron chi connectivity index (χ2n) is 6.60. The zero-order valence-electron chi connectivity index (χ0n) is 16.6. The molecule has 0 saturated heterocycles. The maximum absolute atomic E-state index is 12.3. The van der Waals surface area contributed by atoms with E-state index >= 15 is 0 Å². The Balaban J connectivity index is 0.00000320. The van der Waals surface area contributed by atoms with E-state index < -0.39 is 5.56 Å². The molecule has 0 spiro atoms. The Kier molecular flexibility index (Phi) is 7.47. The molecule has 3 aromatic rings. The van der Waals surface area contributed by atoms with Crippen molar-refractivity contribution in [3.63, 3.8) is 0 Å². The lowest BCUT2D eigenvalue weighted by Gasteiger charge is -2.11. The molecule has 0 aliphatic carbocycles. The van der Waals surface area contributed by atoms with Crippen LogP contribution in [0.5, 0.6) is 0 Å². The van der Waals surface area contributed by atoms with Gasteiger partial charge in [-0.3, -0.25) is 14.7 Å². The van der Waals surface area contributed by atoms with E-state index in [9.17, 15) is 9.59 Å². The summed E-state index contributed by atoms with van der Waals surface area (Å²) in [6, 6.07) is 9.09. The van der Waals surface area contributed by atoms with Crippen LogP contribution in [0.1, 0.15) is 34.6 Å². The molecule has 0 atom stereocenters. The number of nitrogens with one attached hydrogen (secondary N) is 3. The fourth-order valence-corrected chi connectivity index (χ4v) is 3.10. The zero-order valence-corrected chi connectivity index (χ0v) is 17.4. The Hall–Kier alpha value is -3.48. The number of rotatable bonds is 6. The number of nitrogens with two attached hydrogens (primary N) is 1. The van der Waals surface area contributed by atoms with Crippen molar-refractivity contribution in [2.75, 3.05) is 5.32 Å². The van der Waals surface area contributed by atoms with Crippen LogP contribution in [0.15, 0.2) is 29.1 Å². The van der Waals surface area contributed by atoms with Crippen LogP contribution in [0.3, 0.4) is 0 Å². The molecule has 9 nitrogen and oxygen atoms in total. The largest absolute Gasteiger partial charge is 0.326 e. The Morgan fingerprint density at radius 1 is 1.27 bits per heavy atom. The van der Waals surface area contributed by atoms with Crippen molar-refractivity contribution in [2.24, 2.45) is 5.73 Å². The number of hydrogen-bond acceptors (Lipinski definition) is 6. The molecular formula is C20H22ClN7O2. The van der Waals surface area contributed by atoms with Crippen molar-refractivity contribution in [3.05, 3.63) is 62.8 Å². The second-order valence-corrected chi connectivity index (χ2v) is 6.60. The molecule has 2 aromatic heterocycles. The minimum atomic E-state index is -0.402. The third kappa shape index (κ3) is 4.92. The van der Waals surface area contributed by atoms with E-state index in [1.165, 1.54) is 0 Å². The Labute approximate surface area is 179 Å². The minimum absolute atomic E-state index is 0. The molecule has 10 heteroatoms. The summed E-state index contributed by atoms with van der Waals surface area (Å²) in [5.74, 6) is 0.981. The fourth-order valence-electron chi connectivity index (χ4n) is 3.10. The first-order valence-corrected chi connectivity index (χ1v) is 9.07. The first kappa shape index (κ1) is 22.8. The summed E-state index contributed by atoms with van der Waals surface area (Å²) in [4.78, 5) is 31.1. The van der Waals surface area contributed by atoms with Gasteiger partial charge in [0.25, 0.3) is 5.56 Å². The molecule has 30 heavy (non-hydrogen) atoms. The molecule has 0 radical (unpaired) electrons. The Morgan fingerprint density at radius 3 is 2.57 bits per heavy atom. The molecule has 0 fully saturated rings. The number of pyridine rings is 1. The summed E-state index contributed by atoms with van der Waals surface area (Å²) in [6.45, 7) is 3.78. The average Bonchev–Trinajstić information content (AvgIpc) is 3.17. The third-order valence-electron chi connectivity index (χ3n) is 4.67. The summed E-state index contributed by atoms with van der Waals surface area (Å²) in [5.41, 5.74) is 8.77. The molecule has 0 unspecified atom stereocenters. The van der Waals surface area contributed by atoms with Gasteiger partial charge in [0.2, 0.25) is 5.91 Å². The highest BCUT2D eigenvalue weighted by atomic mass is 35.5. The molecule has 0 aliphatic rings. The summed E-state index contributed by atoms with van der Waals surface area (Å²) in [6.07, 6.45) is 0.646. The molecule has 1 amide bonds. The number of hydrogen-bond donors (Lipinski definition) is 4. The van der Waals surface area contributed by atoms with Crippen LogP contribution in [-0.2, 0) is 17.8 Å². The number of aromatic amines is 2. The minimum Gasteiger partial charge on any atom is -0.326 e. The summed E-state index contributed by atoms with van der Waals surface area (Å²) in [7, 11) is 0. The van der Waals surface area contributed by atoms with Crippen molar-refractivity contribution in [1.82, 2.24) is 20.2 Å². The fraction of sp³-hybridized carbons (Fsp3) is 0.250. The monoisotopic (exact) mass is 427 g/mol. The van der Waals surface area contributed by atoms with Crippen molar-refractivity contribution in [2.45, 2.75) is 33.2 Å². The highest BCUT2D eigenvalue weighted by Crippen LogP contribution is 2.19. The Bertz CT molecular complexity index is 1140. The molecule has 0 saturated carbocycles. The van der Waals surface area contributed by atoms with Crippen molar-refractivity contribution >= 4 is 24.0 Å². The predicted molar refractivity (Wildman–Crippen MR) is 115 cm³/mol. The van der Waals surface area contributed by atoms with Crippen molar-refractivity contribution in [3.8, 4) is 17.5 Å². The van der Waals surface area contributed by atoms with Crippen LogP contribution < -0.4 is 16.6 Å². The molecule has 2 heterocycles. The van der Waals surface area contributed by atoms with E-state index in [0.29, 0.717) is 35.0 Å². The van der Waals surface area contributed by atoms with Gasteiger partial charge in [0.1, 0.15) is 17.5 Å². The maximum atomic E-state index is 12.3. The number of H-pyrrole nitrogens is 2. The molecule has 0 bridgehead atoms. The smallest absolute Gasteiger partial charge is 0.266 e. The molecular weight excluding hydrogens is 406 g/mol. The molecule has 3 rings (SSSR count). The van der Waals surface area contributed by atoms with E-state index in [-0.39, 0.29) is 36.8 Å². The number of anilines is 1. The SMILES string of the molecule is Cc1[nH]c(=O)c(C#N)c(C)c1CCC(=O)Nc1ccc(-c2n[nH]c(CN)n2)cc1.Cl. The van der Waals surface area contributed by atoms with E-state index in [1.54, 1.807) is 26.0 Å². The van der Waals surface area contributed by atoms with Crippen molar-refractivity contribution in [1.29, 1.82) is 5.26 Å². The number of aryl methyl sites for hydroxylation is 1. The van der Waals surface area contributed by atoms with Crippen molar-refractivity contribution < 1.29 is 4.79 Å². The number of halogens is 1. The van der Waals surface area contributed by atoms with Gasteiger partial charge in [0, 0.05) is 23.4 Å². The van der Waals surface area contributed by atoms with Gasteiger partial charge in [-0.15, -0.1) is 12.4 Å². The zero-order chi connectivity index (χ0) is 21.0. The first-order chi connectivity index (χ1) is 13.9. The average molecular weight is 428 g/mol. The molecule has 5 N–H and O–H groups in total. The number of carbonyl (C=O) groups excluding carboxylic acids is 1. The highest BCUT2D eigenvalue weighted by Gasteiger charge is 2.13. The van der Waals surface area contributed by atoms with E-state index in [1.807, 2.05) is 18.2 Å². The number of nitrogens with zero attached hydrogens (tertiary/aromatic N) is 3. The number of nitriles is 1. The van der Waals surface area contributed by atoms with Gasteiger partial charge in [-0.05, 0) is 55.7 Å². The van der Waals surface area contributed by atoms with Crippen LogP contribution in [-0.4, -0.2) is 26.1 Å². The quantitative estimate of drug-likeness (QED) is 0.472. The van der Waals surface area contributed by atoms with Gasteiger partial charge in [-0.25, -0.2) is 4.98 Å². The van der Waals surface area contributed by atoms with E-state index in [0.717, 1.165) is 11.1 Å². The highest BCUT2D eigenvalue weighted by molar-refractivity contribution is 5.91. The lowest BCUT2D eigenvalue weighted by Crippen LogP contribution is -2.18. The summed E-state index contributed by atoms with van der Waals surface area (Å²) in [5, 5.41) is 18.8. The molecule has 1 aromatic carbocycles. The summed E-state index contributed by atoms with van der Waals surface area (Å²) >= 11 is 0. The van der Waals surface area contributed by atoms with Crippen LogP contribution in [0.2, 0.25) is 0 Å². The lowest BCUT2D eigenvalue weighted by atomic mass is 9.99. The second kappa shape index (κ2) is 9.82. The van der Waals surface area contributed by atoms with Gasteiger partial charge in [0.05, 0.1) is 6.54 Å². The topological polar surface area (TPSA) is 153 Å². The lowest BCUT2D eigenvalue weighted by molar-refractivity contribution is -0.116. The van der Waals surface area contributed by atoms with Gasteiger partial charge < -0.3 is 16.0 Å². The normalized spacial score (nSPS) is 10.2. The number of amides is 1. The Morgan fingerprint density at radius 2 is 1.97 bits per heavy atom. The summed E-state index contributed by atoms with van der Waals surface area (Å²) < 4.78 is 0. The first-order valence-electron chi connectivity index (χ1n) is 9.07. The molecule has 0 aliphatic heterocycles. The van der Waals surface area contributed by atoms with Gasteiger partial charge >= 0.3 is 0 Å². The van der Waals surface area contributed by atoms with Gasteiger partial charge in [0.15, 0.2) is 5.82 Å². The van der Waals surface area contributed by atoms with Crippen LogP contribution in [0.25, 0.3) is 11.4 Å². The standard InChI is InChI=1S/C20H21N7O2.ClH/c1-11-15(12(2)23-20(29)16(11)9-21)7-8-18(28)24-14-5-3-13(4-6-14)19-25-17(10-22)26-27-19;/h3-6H,7-8,10,22H2,1-2H3,(H,23,29)(H,24,28)(H,25,26,27);1H. The van der Waals surface area contributed by atoms with E-state index in [4.69, 9.17) is 11.0 Å². The number of benzene rings is 1. The predicted octanol–water partition coefficient (Wildman–Crippen LogP) is 2.10. The third-order valence-corrected chi connectivity index (χ3v) is 4.67. The number of aromatic nitrogens is 4.